The van der Waals surface area contributed by atoms with E-state index in [2.05, 4.69) is 45.0 Å². The second-order valence-corrected chi connectivity index (χ2v) is 7.63. The standard InChI is InChI=1S/C18H27N3O3/c1-12(2)14-10-13(20-21(14)17(3,4)5)16(22)19-11-18(6,23)15-8-7-9-24-15/h7-10,12,23H,11H2,1-6H3,(H,19,22). The van der Waals surface area contributed by atoms with Gasteiger partial charge in [-0.25, -0.2) is 0 Å². The predicted molar refractivity (Wildman–Crippen MR) is 91.9 cm³/mol. The van der Waals surface area contributed by atoms with Gasteiger partial charge in [-0.2, -0.15) is 5.10 Å². The number of carbonyl (C=O) groups is 1. The fourth-order valence-electron chi connectivity index (χ4n) is 2.47. The lowest BCUT2D eigenvalue weighted by Crippen LogP contribution is -2.38. The first-order chi connectivity index (χ1) is 11.0. The molecule has 0 radical (unpaired) electrons. The van der Waals surface area contributed by atoms with Crippen molar-refractivity contribution in [1.29, 1.82) is 0 Å². The normalized spacial score (nSPS) is 14.7. The van der Waals surface area contributed by atoms with Crippen LogP contribution >= 0.6 is 0 Å². The maximum Gasteiger partial charge on any atom is 0.271 e. The summed E-state index contributed by atoms with van der Waals surface area (Å²) in [5, 5.41) is 17.6. The lowest BCUT2D eigenvalue weighted by atomic mass is 10.0. The van der Waals surface area contributed by atoms with Gasteiger partial charge in [-0.3, -0.25) is 9.48 Å². The summed E-state index contributed by atoms with van der Waals surface area (Å²) in [5.74, 6) is 0.349. The number of nitrogens with one attached hydrogen (secondary N) is 1. The van der Waals surface area contributed by atoms with E-state index in [0.29, 0.717) is 11.5 Å². The molecule has 2 heterocycles. The molecule has 2 N–H and O–H groups in total. The van der Waals surface area contributed by atoms with Crippen molar-refractivity contribution in [3.8, 4) is 0 Å². The highest BCUT2D eigenvalue weighted by Crippen LogP contribution is 2.24. The van der Waals surface area contributed by atoms with Gasteiger partial charge in [-0.15, -0.1) is 0 Å². The van der Waals surface area contributed by atoms with Gasteiger partial charge in [0.15, 0.2) is 0 Å². The zero-order valence-corrected chi connectivity index (χ0v) is 15.3. The Morgan fingerprint density at radius 3 is 2.50 bits per heavy atom. The molecule has 0 saturated heterocycles. The third kappa shape index (κ3) is 3.87. The molecule has 6 heteroatoms. The smallest absolute Gasteiger partial charge is 0.271 e. The molecule has 0 bridgehead atoms. The minimum absolute atomic E-state index is 0.0404. The molecule has 0 spiro atoms. The fourth-order valence-corrected chi connectivity index (χ4v) is 2.47. The van der Waals surface area contributed by atoms with Gasteiger partial charge in [0.2, 0.25) is 0 Å². The first kappa shape index (κ1) is 18.3. The molecule has 1 unspecified atom stereocenters. The number of aromatic nitrogens is 2. The zero-order valence-electron chi connectivity index (χ0n) is 15.3. The third-order valence-corrected chi connectivity index (χ3v) is 3.84. The Morgan fingerprint density at radius 2 is 2.04 bits per heavy atom. The Morgan fingerprint density at radius 1 is 1.38 bits per heavy atom. The first-order valence-corrected chi connectivity index (χ1v) is 8.17. The summed E-state index contributed by atoms with van der Waals surface area (Å²) in [7, 11) is 0. The van der Waals surface area contributed by atoms with Crippen molar-refractivity contribution >= 4 is 5.91 Å². The largest absolute Gasteiger partial charge is 0.466 e. The quantitative estimate of drug-likeness (QED) is 0.881. The second-order valence-electron chi connectivity index (χ2n) is 7.63. The maximum atomic E-state index is 12.4. The Hall–Kier alpha value is -2.08. The summed E-state index contributed by atoms with van der Waals surface area (Å²) in [6, 6.07) is 5.19. The van der Waals surface area contributed by atoms with Crippen LogP contribution < -0.4 is 5.32 Å². The molecule has 6 nitrogen and oxygen atoms in total. The Kier molecular flexibility index (Phi) is 4.90. The minimum Gasteiger partial charge on any atom is -0.466 e. The Labute approximate surface area is 142 Å². The van der Waals surface area contributed by atoms with E-state index in [1.165, 1.54) is 6.26 Å². The van der Waals surface area contributed by atoms with Crippen LogP contribution in [0.25, 0.3) is 0 Å². The van der Waals surface area contributed by atoms with Crippen molar-refractivity contribution in [2.75, 3.05) is 6.54 Å². The van der Waals surface area contributed by atoms with Crippen LogP contribution in [0, 0.1) is 0 Å². The van der Waals surface area contributed by atoms with Crippen molar-refractivity contribution in [1.82, 2.24) is 15.1 Å². The summed E-state index contributed by atoms with van der Waals surface area (Å²) in [6.07, 6.45) is 1.49. The zero-order chi connectivity index (χ0) is 18.1. The summed E-state index contributed by atoms with van der Waals surface area (Å²) in [4.78, 5) is 12.4. The van der Waals surface area contributed by atoms with Crippen molar-refractivity contribution in [3.63, 3.8) is 0 Å². The van der Waals surface area contributed by atoms with Gasteiger partial charge in [0.1, 0.15) is 17.1 Å². The Balaban J connectivity index is 2.16. The average molecular weight is 333 g/mol. The predicted octanol–water partition coefficient (Wildman–Crippen LogP) is 2.99. The molecule has 2 rings (SSSR count). The van der Waals surface area contributed by atoms with Crippen LogP contribution in [0.4, 0.5) is 0 Å². The fraction of sp³-hybridized carbons (Fsp3) is 0.556. The molecule has 1 amide bonds. The molecule has 2 aromatic rings. The first-order valence-electron chi connectivity index (χ1n) is 8.17. The van der Waals surface area contributed by atoms with Gasteiger partial charge >= 0.3 is 0 Å². The van der Waals surface area contributed by atoms with Crippen LogP contribution in [0.15, 0.2) is 28.9 Å². The third-order valence-electron chi connectivity index (χ3n) is 3.84. The SMILES string of the molecule is CC(C)c1cc(C(=O)NCC(C)(O)c2ccco2)nn1C(C)(C)C. The topological polar surface area (TPSA) is 80.3 Å². The summed E-state index contributed by atoms with van der Waals surface area (Å²) >= 11 is 0. The van der Waals surface area contributed by atoms with E-state index < -0.39 is 5.60 Å². The lowest BCUT2D eigenvalue weighted by Gasteiger charge is -2.23. The van der Waals surface area contributed by atoms with Crippen molar-refractivity contribution in [2.24, 2.45) is 0 Å². The molecule has 0 aliphatic rings. The molecule has 0 aromatic carbocycles. The van der Waals surface area contributed by atoms with Crippen LogP contribution in [-0.4, -0.2) is 27.3 Å². The average Bonchev–Trinajstić information content (AvgIpc) is 3.13. The lowest BCUT2D eigenvalue weighted by molar-refractivity contribution is 0.0329. The molecule has 0 aliphatic carbocycles. The van der Waals surface area contributed by atoms with Gasteiger partial charge in [0.05, 0.1) is 18.3 Å². The van der Waals surface area contributed by atoms with Crippen LogP contribution in [0.2, 0.25) is 0 Å². The number of nitrogens with zero attached hydrogens (tertiary/aromatic N) is 2. The van der Waals surface area contributed by atoms with E-state index in [1.807, 2.05) is 10.7 Å². The van der Waals surface area contributed by atoms with E-state index in [4.69, 9.17) is 4.42 Å². The summed E-state index contributed by atoms with van der Waals surface area (Å²) < 4.78 is 7.10. The van der Waals surface area contributed by atoms with E-state index in [0.717, 1.165) is 5.69 Å². The molecule has 2 aromatic heterocycles. The highest BCUT2D eigenvalue weighted by atomic mass is 16.4. The van der Waals surface area contributed by atoms with E-state index in [-0.39, 0.29) is 23.9 Å². The van der Waals surface area contributed by atoms with Crippen LogP contribution in [0.1, 0.15) is 69.4 Å². The van der Waals surface area contributed by atoms with Crippen LogP contribution in [-0.2, 0) is 11.1 Å². The van der Waals surface area contributed by atoms with E-state index >= 15 is 0 Å². The van der Waals surface area contributed by atoms with E-state index in [9.17, 15) is 9.90 Å². The number of aliphatic hydroxyl groups is 1. The molecular weight excluding hydrogens is 306 g/mol. The van der Waals surface area contributed by atoms with Gasteiger partial charge in [0.25, 0.3) is 5.91 Å². The van der Waals surface area contributed by atoms with Crippen molar-refractivity contribution < 1.29 is 14.3 Å². The second kappa shape index (κ2) is 6.43. The number of amides is 1. The number of carbonyl (C=O) groups excluding carboxylic acids is 1. The van der Waals surface area contributed by atoms with Gasteiger partial charge in [-0.1, -0.05) is 13.8 Å². The van der Waals surface area contributed by atoms with Crippen molar-refractivity contribution in [2.45, 2.75) is 58.6 Å². The van der Waals surface area contributed by atoms with Gasteiger partial charge < -0.3 is 14.8 Å². The Bertz CT molecular complexity index is 692. The number of rotatable bonds is 5. The molecule has 24 heavy (non-hydrogen) atoms. The minimum atomic E-state index is -1.27. The number of hydrogen-bond donors (Lipinski definition) is 2. The summed E-state index contributed by atoms with van der Waals surface area (Å²) in [5.41, 5.74) is -0.126. The highest BCUT2D eigenvalue weighted by molar-refractivity contribution is 5.92. The van der Waals surface area contributed by atoms with Crippen molar-refractivity contribution in [3.05, 3.63) is 41.6 Å². The van der Waals surface area contributed by atoms with Gasteiger partial charge in [-0.05, 0) is 51.8 Å². The molecule has 132 valence electrons. The van der Waals surface area contributed by atoms with Crippen LogP contribution in [0.5, 0.6) is 0 Å². The number of furan rings is 1. The molecule has 0 aliphatic heterocycles. The van der Waals surface area contributed by atoms with Gasteiger partial charge in [0, 0.05) is 5.69 Å². The molecule has 0 fully saturated rings. The highest BCUT2D eigenvalue weighted by Gasteiger charge is 2.28. The van der Waals surface area contributed by atoms with E-state index in [1.54, 1.807) is 19.1 Å². The molecular formula is C18H27N3O3. The number of hydrogen-bond acceptors (Lipinski definition) is 4. The monoisotopic (exact) mass is 333 g/mol. The summed E-state index contributed by atoms with van der Waals surface area (Å²) in [6.45, 7) is 11.9. The van der Waals surface area contributed by atoms with Crippen LogP contribution in [0.3, 0.4) is 0 Å². The molecule has 1 atom stereocenters. The molecule has 0 saturated carbocycles. The maximum absolute atomic E-state index is 12.4.